The molecular formula is C14H23N3O3S. The molecule has 7 heteroatoms. The average molecular weight is 313 g/mol. The van der Waals surface area contributed by atoms with Gasteiger partial charge in [-0.25, -0.2) is 9.78 Å². The molecule has 2 amide bonds. The number of amides is 2. The lowest BCUT2D eigenvalue weighted by molar-refractivity contribution is -0.137. The molecule has 0 aliphatic carbocycles. The SMILES string of the molecule is CC(CNC(=O)N(CCC(=O)O)C(C)(C)C)c1nccs1. The standard InChI is InChI=1S/C14H23N3O3S/c1-10(12-15-6-8-21-12)9-16-13(20)17(14(2,3)4)7-5-11(18)19/h6,8,10H,5,7,9H2,1-4H3,(H,16,20)(H,18,19). The molecule has 0 aliphatic rings. The number of hydrogen-bond donors (Lipinski definition) is 2. The zero-order chi connectivity index (χ0) is 16.0. The van der Waals surface area contributed by atoms with E-state index in [0.29, 0.717) is 6.54 Å². The van der Waals surface area contributed by atoms with Crippen LogP contribution in [0.1, 0.15) is 45.0 Å². The molecule has 1 heterocycles. The number of rotatable bonds is 6. The average Bonchev–Trinajstić information content (AvgIpc) is 2.87. The third-order valence-electron chi connectivity index (χ3n) is 3.04. The highest BCUT2D eigenvalue weighted by Gasteiger charge is 2.27. The van der Waals surface area contributed by atoms with Gasteiger partial charge in [0.15, 0.2) is 0 Å². The van der Waals surface area contributed by atoms with Crippen molar-refractivity contribution >= 4 is 23.3 Å². The van der Waals surface area contributed by atoms with Crippen molar-refractivity contribution in [3.05, 3.63) is 16.6 Å². The van der Waals surface area contributed by atoms with E-state index in [4.69, 9.17) is 5.11 Å². The van der Waals surface area contributed by atoms with Crippen LogP contribution in [0, 0.1) is 0 Å². The predicted molar refractivity (Wildman–Crippen MR) is 82.6 cm³/mol. The fourth-order valence-electron chi connectivity index (χ4n) is 1.85. The van der Waals surface area contributed by atoms with Crippen LogP contribution in [-0.2, 0) is 4.79 Å². The first kappa shape index (κ1) is 17.4. The molecule has 0 radical (unpaired) electrons. The Hall–Kier alpha value is -1.63. The zero-order valence-electron chi connectivity index (χ0n) is 12.9. The third-order valence-corrected chi connectivity index (χ3v) is 4.04. The number of nitrogens with one attached hydrogen (secondary N) is 1. The summed E-state index contributed by atoms with van der Waals surface area (Å²) in [7, 11) is 0. The maximum absolute atomic E-state index is 12.3. The van der Waals surface area contributed by atoms with Crippen LogP contribution < -0.4 is 5.32 Å². The zero-order valence-corrected chi connectivity index (χ0v) is 13.7. The highest BCUT2D eigenvalue weighted by molar-refractivity contribution is 7.09. The maximum Gasteiger partial charge on any atom is 0.317 e. The first-order chi connectivity index (χ1) is 9.71. The normalized spacial score (nSPS) is 12.8. The topological polar surface area (TPSA) is 82.5 Å². The highest BCUT2D eigenvalue weighted by Crippen LogP contribution is 2.18. The fourth-order valence-corrected chi connectivity index (χ4v) is 2.55. The number of aromatic nitrogens is 1. The summed E-state index contributed by atoms with van der Waals surface area (Å²) in [6.45, 7) is 8.33. The van der Waals surface area contributed by atoms with Gasteiger partial charge in [-0.15, -0.1) is 11.3 Å². The molecule has 0 aromatic carbocycles. The predicted octanol–water partition coefficient (Wildman–Crippen LogP) is 2.53. The van der Waals surface area contributed by atoms with Crippen LogP contribution in [0.15, 0.2) is 11.6 Å². The molecule has 1 aromatic heterocycles. The fraction of sp³-hybridized carbons (Fsp3) is 0.643. The molecule has 0 saturated carbocycles. The summed E-state index contributed by atoms with van der Waals surface area (Å²) < 4.78 is 0. The number of thiazole rings is 1. The molecule has 6 nitrogen and oxygen atoms in total. The molecule has 2 N–H and O–H groups in total. The third kappa shape index (κ3) is 5.71. The summed E-state index contributed by atoms with van der Waals surface area (Å²) in [6, 6.07) is -0.243. The number of carbonyl (C=O) groups excluding carboxylic acids is 1. The van der Waals surface area contributed by atoms with Gasteiger partial charge in [-0.3, -0.25) is 4.79 Å². The second-order valence-corrected chi connectivity index (χ2v) is 6.85. The Bertz CT molecular complexity index is 468. The van der Waals surface area contributed by atoms with Gasteiger partial charge in [0.05, 0.1) is 11.4 Å². The summed E-state index contributed by atoms with van der Waals surface area (Å²) in [5.41, 5.74) is -0.427. The van der Waals surface area contributed by atoms with Gasteiger partial charge in [0.1, 0.15) is 0 Å². The Balaban J connectivity index is 2.58. The van der Waals surface area contributed by atoms with E-state index >= 15 is 0 Å². The van der Waals surface area contributed by atoms with Gasteiger partial charge in [0.25, 0.3) is 0 Å². The molecule has 1 atom stereocenters. The molecule has 1 rings (SSSR count). The lowest BCUT2D eigenvalue weighted by Gasteiger charge is -2.35. The van der Waals surface area contributed by atoms with Gasteiger partial charge in [0.2, 0.25) is 0 Å². The van der Waals surface area contributed by atoms with Crippen molar-refractivity contribution in [1.29, 1.82) is 0 Å². The molecule has 1 aromatic rings. The van der Waals surface area contributed by atoms with E-state index in [1.54, 1.807) is 22.4 Å². The number of urea groups is 1. The minimum atomic E-state index is -0.909. The van der Waals surface area contributed by atoms with Gasteiger partial charge in [0, 0.05) is 36.1 Å². The van der Waals surface area contributed by atoms with Crippen LogP contribution in [0.3, 0.4) is 0 Å². The molecule has 0 bridgehead atoms. The van der Waals surface area contributed by atoms with E-state index < -0.39 is 11.5 Å². The van der Waals surface area contributed by atoms with E-state index in [-0.39, 0.29) is 24.9 Å². The van der Waals surface area contributed by atoms with E-state index in [0.717, 1.165) is 5.01 Å². The van der Waals surface area contributed by atoms with E-state index in [9.17, 15) is 9.59 Å². The largest absolute Gasteiger partial charge is 0.481 e. The molecule has 21 heavy (non-hydrogen) atoms. The Morgan fingerprint density at radius 3 is 2.62 bits per heavy atom. The Labute approximate surface area is 129 Å². The minimum Gasteiger partial charge on any atom is -0.481 e. The van der Waals surface area contributed by atoms with Gasteiger partial charge in [-0.05, 0) is 20.8 Å². The maximum atomic E-state index is 12.3. The van der Waals surface area contributed by atoms with Crippen LogP contribution in [0.25, 0.3) is 0 Å². The van der Waals surface area contributed by atoms with Crippen molar-refractivity contribution in [3.63, 3.8) is 0 Å². The van der Waals surface area contributed by atoms with Crippen LogP contribution in [0.2, 0.25) is 0 Å². The van der Waals surface area contributed by atoms with Gasteiger partial charge in [-0.2, -0.15) is 0 Å². The molecule has 1 unspecified atom stereocenters. The van der Waals surface area contributed by atoms with E-state index in [1.807, 2.05) is 33.1 Å². The van der Waals surface area contributed by atoms with Crippen molar-refractivity contribution in [2.45, 2.75) is 45.6 Å². The highest BCUT2D eigenvalue weighted by atomic mass is 32.1. The van der Waals surface area contributed by atoms with Crippen LogP contribution in [-0.4, -0.2) is 45.6 Å². The second kappa shape index (κ2) is 7.40. The van der Waals surface area contributed by atoms with E-state index in [1.165, 1.54) is 0 Å². The van der Waals surface area contributed by atoms with E-state index in [2.05, 4.69) is 10.3 Å². The van der Waals surface area contributed by atoms with Crippen LogP contribution in [0.5, 0.6) is 0 Å². The monoisotopic (exact) mass is 313 g/mol. The molecular weight excluding hydrogens is 290 g/mol. The minimum absolute atomic E-state index is 0.0628. The second-order valence-electron chi connectivity index (χ2n) is 5.92. The summed E-state index contributed by atoms with van der Waals surface area (Å²) in [5, 5.41) is 14.5. The summed E-state index contributed by atoms with van der Waals surface area (Å²) in [4.78, 5) is 28.8. The number of nitrogens with zero attached hydrogens (tertiary/aromatic N) is 2. The molecule has 0 saturated heterocycles. The molecule has 0 fully saturated rings. The number of hydrogen-bond acceptors (Lipinski definition) is 4. The first-order valence-corrected chi connectivity index (χ1v) is 7.76. The lowest BCUT2D eigenvalue weighted by Crippen LogP contribution is -2.51. The van der Waals surface area contributed by atoms with Gasteiger partial charge >= 0.3 is 12.0 Å². The summed E-state index contributed by atoms with van der Waals surface area (Å²) >= 11 is 1.56. The van der Waals surface area contributed by atoms with Crippen LogP contribution in [0.4, 0.5) is 4.79 Å². The quantitative estimate of drug-likeness (QED) is 0.845. The Morgan fingerprint density at radius 2 is 2.14 bits per heavy atom. The van der Waals surface area contributed by atoms with Crippen molar-refractivity contribution < 1.29 is 14.7 Å². The molecule has 118 valence electrons. The van der Waals surface area contributed by atoms with Crippen molar-refractivity contribution in [2.75, 3.05) is 13.1 Å². The Morgan fingerprint density at radius 1 is 1.48 bits per heavy atom. The van der Waals surface area contributed by atoms with Gasteiger partial charge < -0.3 is 15.3 Å². The number of carbonyl (C=O) groups is 2. The number of carboxylic acids is 1. The van der Waals surface area contributed by atoms with Crippen molar-refractivity contribution in [3.8, 4) is 0 Å². The molecule has 0 spiro atoms. The first-order valence-electron chi connectivity index (χ1n) is 6.88. The van der Waals surface area contributed by atoms with Crippen LogP contribution >= 0.6 is 11.3 Å². The summed E-state index contributed by atoms with van der Waals surface area (Å²) in [5.74, 6) is -0.775. The number of carboxylic acid groups (broad SMARTS) is 1. The van der Waals surface area contributed by atoms with Gasteiger partial charge in [-0.1, -0.05) is 6.92 Å². The van der Waals surface area contributed by atoms with Crippen molar-refractivity contribution in [2.24, 2.45) is 0 Å². The lowest BCUT2D eigenvalue weighted by atomic mass is 10.1. The van der Waals surface area contributed by atoms with Crippen molar-refractivity contribution in [1.82, 2.24) is 15.2 Å². The smallest absolute Gasteiger partial charge is 0.317 e. The molecule has 0 aliphatic heterocycles. The summed E-state index contributed by atoms with van der Waals surface area (Å²) in [6.07, 6.45) is 1.68. The Kier molecular flexibility index (Phi) is 6.14. The number of aliphatic carboxylic acids is 1.